The quantitative estimate of drug-likeness (QED) is 0.0753. The Kier molecular flexibility index (Phi) is 13.8. The molecular weight excluding hydrogens is 699 g/mol. The normalized spacial score (nSPS) is 25.6. The van der Waals surface area contributed by atoms with E-state index in [0.29, 0.717) is 43.0 Å². The van der Waals surface area contributed by atoms with Crippen molar-refractivity contribution >= 4 is 27.3 Å². The van der Waals surface area contributed by atoms with Crippen LogP contribution in [0.25, 0.3) is 0 Å². The number of unbranched alkanes of at least 4 members (excludes halogenated alkanes) is 2. The molecule has 0 spiro atoms. The van der Waals surface area contributed by atoms with Gasteiger partial charge in [0.25, 0.3) is 0 Å². The molecule has 4 N–H and O–H groups in total. The number of rotatable bonds is 19. The van der Waals surface area contributed by atoms with Crippen molar-refractivity contribution in [3.05, 3.63) is 72.3 Å². The summed E-state index contributed by atoms with van der Waals surface area (Å²) in [5.41, 5.74) is 2.74. The van der Waals surface area contributed by atoms with Crippen molar-refractivity contribution in [3.63, 3.8) is 0 Å². The van der Waals surface area contributed by atoms with Crippen LogP contribution in [0.2, 0.25) is 0 Å². The first-order valence-corrected chi connectivity index (χ1v) is 20.3. The van der Waals surface area contributed by atoms with Crippen molar-refractivity contribution in [2.75, 3.05) is 38.3 Å². The molecule has 1 amide bonds. The number of oxime groups is 1. The van der Waals surface area contributed by atoms with E-state index in [4.69, 9.17) is 14.3 Å². The molecule has 53 heavy (non-hydrogen) atoms. The fraction of sp³-hybridized carbons (Fsp3) is 0.550. The minimum Gasteiger partial charge on any atom is -0.508 e. The van der Waals surface area contributed by atoms with E-state index in [1.54, 1.807) is 36.4 Å². The Morgan fingerprint density at radius 2 is 1.81 bits per heavy atom. The van der Waals surface area contributed by atoms with Crippen LogP contribution >= 0.6 is 0 Å². The zero-order valence-corrected chi connectivity index (χ0v) is 31.9. The number of fused-ring (bicyclic) bond motifs is 2. The van der Waals surface area contributed by atoms with Crippen LogP contribution in [0.1, 0.15) is 83.6 Å². The number of hydrogen-bond acceptors (Lipinski definition) is 10. The summed E-state index contributed by atoms with van der Waals surface area (Å²) in [6.07, 6.45) is 8.86. The molecule has 290 valence electrons. The molecule has 6 unspecified atom stereocenters. The number of aliphatic hydroxyl groups excluding tert-OH is 2. The lowest BCUT2D eigenvalue weighted by Crippen LogP contribution is -2.70. The number of aliphatic hydroxyl groups is 2. The Morgan fingerprint density at radius 1 is 1.09 bits per heavy atom. The van der Waals surface area contributed by atoms with Gasteiger partial charge in [-0.2, -0.15) is 4.31 Å². The predicted octanol–water partition coefficient (Wildman–Crippen LogP) is 6.11. The fourth-order valence-electron chi connectivity index (χ4n) is 8.49. The smallest absolute Gasteiger partial charge is 0.243 e. The van der Waals surface area contributed by atoms with Gasteiger partial charge in [0.2, 0.25) is 21.7 Å². The van der Waals surface area contributed by atoms with E-state index >= 15 is 0 Å². The second-order valence-corrected chi connectivity index (χ2v) is 15.9. The van der Waals surface area contributed by atoms with Crippen LogP contribution < -0.4 is 10.1 Å². The number of ether oxygens (including phenoxy) is 2. The molecule has 1 saturated carbocycles. The van der Waals surface area contributed by atoms with Gasteiger partial charge in [0, 0.05) is 50.3 Å². The van der Waals surface area contributed by atoms with Crippen LogP contribution in [0.15, 0.2) is 76.8 Å². The highest BCUT2D eigenvalue weighted by atomic mass is 32.2. The summed E-state index contributed by atoms with van der Waals surface area (Å²) in [6, 6.07) is 10.2. The van der Waals surface area contributed by atoms with Crippen molar-refractivity contribution in [2.45, 2.75) is 94.8 Å². The SMILES string of the molecule is C=CCOC12Oc3ccc(O)cc3C3C(CCCCO)C(CCCCO)C=C(C(=NOCC)CC1N(CCC)S(=O)(=O)c1ccc(NC(C)=O)cc1)C32. The predicted molar refractivity (Wildman–Crippen MR) is 203 cm³/mol. The average Bonchev–Trinajstić information content (AvgIpc) is 3.13. The molecule has 1 heterocycles. The molecule has 3 aliphatic rings. The number of aromatic hydroxyl groups is 1. The van der Waals surface area contributed by atoms with Crippen LogP contribution in [0.5, 0.6) is 11.5 Å². The number of nitrogens with one attached hydrogen (secondary N) is 1. The molecule has 1 fully saturated rings. The number of anilines is 1. The van der Waals surface area contributed by atoms with Crippen LogP contribution in [0, 0.1) is 17.8 Å². The third kappa shape index (κ3) is 8.49. The van der Waals surface area contributed by atoms with Crippen molar-refractivity contribution in [1.82, 2.24) is 4.31 Å². The van der Waals surface area contributed by atoms with Crippen molar-refractivity contribution in [2.24, 2.45) is 22.9 Å². The largest absolute Gasteiger partial charge is 0.508 e. The van der Waals surface area contributed by atoms with Gasteiger partial charge in [-0.1, -0.05) is 37.1 Å². The first kappa shape index (κ1) is 40.4. The van der Waals surface area contributed by atoms with Gasteiger partial charge in [0.15, 0.2) is 0 Å². The number of amides is 1. The lowest BCUT2D eigenvalue weighted by molar-refractivity contribution is -0.251. The highest BCUT2D eigenvalue weighted by Gasteiger charge is 2.66. The summed E-state index contributed by atoms with van der Waals surface area (Å²) in [5.74, 6) is -2.06. The molecular formula is C40H55N3O9S. The van der Waals surface area contributed by atoms with Crippen LogP contribution in [0.4, 0.5) is 5.69 Å². The molecule has 0 bridgehead atoms. The number of phenols is 1. The number of carbonyl (C=O) groups is 1. The molecule has 13 heteroatoms. The average molecular weight is 754 g/mol. The molecule has 5 rings (SSSR count). The molecule has 6 atom stereocenters. The van der Waals surface area contributed by atoms with Gasteiger partial charge in [-0.05, 0) is 98.9 Å². The van der Waals surface area contributed by atoms with Crippen LogP contribution in [-0.4, -0.2) is 84.5 Å². The van der Waals surface area contributed by atoms with E-state index in [0.717, 1.165) is 36.8 Å². The summed E-state index contributed by atoms with van der Waals surface area (Å²) in [6.45, 7) is 9.76. The molecule has 0 aromatic heterocycles. The summed E-state index contributed by atoms with van der Waals surface area (Å²) in [7, 11) is -4.20. The number of allylic oxidation sites excluding steroid dienone is 1. The molecule has 0 saturated heterocycles. The highest BCUT2D eigenvalue weighted by molar-refractivity contribution is 7.89. The molecule has 2 aromatic carbocycles. The maximum absolute atomic E-state index is 14.9. The van der Waals surface area contributed by atoms with E-state index in [1.807, 2.05) is 13.8 Å². The van der Waals surface area contributed by atoms with Gasteiger partial charge in [0.05, 0.1) is 29.2 Å². The Hall–Kier alpha value is -3.75. The van der Waals surface area contributed by atoms with Gasteiger partial charge in [-0.15, -0.1) is 6.58 Å². The molecule has 2 aliphatic carbocycles. The van der Waals surface area contributed by atoms with Gasteiger partial charge < -0.3 is 34.9 Å². The Bertz CT molecular complexity index is 1750. The van der Waals surface area contributed by atoms with Gasteiger partial charge in [-0.3, -0.25) is 4.79 Å². The number of hydrogen-bond donors (Lipinski definition) is 4. The van der Waals surface area contributed by atoms with Gasteiger partial charge >= 0.3 is 0 Å². The van der Waals surface area contributed by atoms with E-state index < -0.39 is 27.8 Å². The van der Waals surface area contributed by atoms with E-state index in [9.17, 15) is 28.5 Å². The van der Waals surface area contributed by atoms with E-state index in [1.165, 1.54) is 23.4 Å². The second kappa shape index (κ2) is 18.1. The Morgan fingerprint density at radius 3 is 2.45 bits per heavy atom. The number of sulfonamides is 1. The number of phenolic OH excluding ortho intramolecular Hbond substituents is 1. The van der Waals surface area contributed by atoms with E-state index in [2.05, 4.69) is 23.1 Å². The lowest BCUT2D eigenvalue weighted by atomic mass is 9.55. The summed E-state index contributed by atoms with van der Waals surface area (Å²) >= 11 is 0. The highest BCUT2D eigenvalue weighted by Crippen LogP contribution is 2.62. The topological polar surface area (TPSA) is 167 Å². The zero-order chi connectivity index (χ0) is 38.2. The molecule has 1 aliphatic heterocycles. The van der Waals surface area contributed by atoms with Crippen molar-refractivity contribution < 1.29 is 42.8 Å². The molecule has 0 radical (unpaired) electrons. The third-order valence-corrected chi connectivity index (χ3v) is 12.5. The Balaban J connectivity index is 1.77. The monoisotopic (exact) mass is 753 g/mol. The lowest BCUT2D eigenvalue weighted by Gasteiger charge is -2.59. The van der Waals surface area contributed by atoms with Crippen LogP contribution in [-0.2, 0) is 24.4 Å². The van der Waals surface area contributed by atoms with Gasteiger partial charge in [-0.25, -0.2) is 8.42 Å². The summed E-state index contributed by atoms with van der Waals surface area (Å²) in [4.78, 5) is 17.5. The molecule has 2 aromatic rings. The Labute approximate surface area is 313 Å². The minimum absolute atomic E-state index is 0.00482. The fourth-order valence-corrected chi connectivity index (χ4v) is 10.2. The van der Waals surface area contributed by atoms with Crippen molar-refractivity contribution in [1.29, 1.82) is 0 Å². The van der Waals surface area contributed by atoms with Gasteiger partial charge in [0.1, 0.15) is 18.1 Å². The standard InChI is InChI=1S/C40H55N3O9S/c1-5-20-43(53(48,49)31-17-14-29(15-18-31)41-27(4)46)37-26-35(42-51-7-3)33-24-28(12-8-10-21-44)32(13-9-11-22-45)38-34-25-30(47)16-19-36(34)52-40(37,39(33)38)50-23-6-2/h6,14-19,24-25,28,32,37-39,44-45,47H,2,5,7-13,20-23,26H2,1,3-4H3,(H,41,46). The first-order chi connectivity index (χ1) is 25.6. The maximum Gasteiger partial charge on any atom is 0.243 e. The van der Waals surface area contributed by atoms with Crippen LogP contribution in [0.3, 0.4) is 0 Å². The van der Waals surface area contributed by atoms with E-state index in [-0.39, 0.29) is 67.1 Å². The third-order valence-electron chi connectivity index (χ3n) is 10.5. The first-order valence-electron chi connectivity index (χ1n) is 18.8. The summed E-state index contributed by atoms with van der Waals surface area (Å²) in [5, 5.41) is 37.7. The molecule has 12 nitrogen and oxygen atoms in total. The number of carbonyl (C=O) groups excluding carboxylic acids is 1. The minimum atomic E-state index is -4.20. The second-order valence-electron chi connectivity index (χ2n) is 14.0. The number of nitrogens with zero attached hydrogens (tertiary/aromatic N) is 2. The van der Waals surface area contributed by atoms with Crippen molar-refractivity contribution in [3.8, 4) is 11.5 Å². The zero-order valence-electron chi connectivity index (χ0n) is 31.1. The maximum atomic E-state index is 14.9. The summed E-state index contributed by atoms with van der Waals surface area (Å²) < 4.78 is 45.2. The number of benzene rings is 2.